The number of nitrogens with zero attached hydrogens (tertiary/aromatic N) is 1. The second kappa shape index (κ2) is 9.00. The number of rotatable bonds is 8. The highest BCUT2D eigenvalue weighted by molar-refractivity contribution is 7.89. The molecule has 1 aliphatic rings. The van der Waals surface area contributed by atoms with E-state index in [0.717, 1.165) is 18.4 Å². The van der Waals surface area contributed by atoms with E-state index in [0.29, 0.717) is 38.4 Å². The fourth-order valence-corrected chi connectivity index (χ4v) is 4.72. The summed E-state index contributed by atoms with van der Waals surface area (Å²) >= 11 is 0. The van der Waals surface area contributed by atoms with Crippen molar-refractivity contribution < 1.29 is 13.2 Å². The molecule has 0 bridgehead atoms. The van der Waals surface area contributed by atoms with Crippen molar-refractivity contribution in [2.75, 3.05) is 25.4 Å². The van der Waals surface area contributed by atoms with E-state index >= 15 is 0 Å². The first-order chi connectivity index (χ1) is 12.3. The van der Waals surface area contributed by atoms with Crippen LogP contribution in [0, 0.1) is 5.92 Å². The van der Waals surface area contributed by atoms with Crippen molar-refractivity contribution in [2.45, 2.75) is 51.9 Å². The quantitative estimate of drug-likeness (QED) is 0.705. The summed E-state index contributed by atoms with van der Waals surface area (Å²) in [6.07, 6.45) is 3.09. The molecule has 1 saturated heterocycles. The van der Waals surface area contributed by atoms with Crippen LogP contribution in [0.1, 0.15) is 52.0 Å². The van der Waals surface area contributed by atoms with Crippen LogP contribution in [-0.4, -0.2) is 44.0 Å². The Kier molecular flexibility index (Phi) is 7.24. The molecule has 1 heterocycles. The molecule has 0 aromatic heterocycles. The zero-order valence-electron chi connectivity index (χ0n) is 16.2. The van der Waals surface area contributed by atoms with Gasteiger partial charge in [0.2, 0.25) is 15.9 Å². The molecule has 0 radical (unpaired) electrons. The highest BCUT2D eigenvalue weighted by Crippen LogP contribution is 2.36. The molecule has 1 aromatic rings. The largest absolute Gasteiger partial charge is 0.355 e. The van der Waals surface area contributed by atoms with Crippen LogP contribution in [-0.2, 0) is 20.2 Å². The van der Waals surface area contributed by atoms with E-state index in [4.69, 9.17) is 0 Å². The topological polar surface area (TPSA) is 66.5 Å². The van der Waals surface area contributed by atoms with Crippen LogP contribution in [0.3, 0.4) is 0 Å². The van der Waals surface area contributed by atoms with Gasteiger partial charge in [-0.1, -0.05) is 44.2 Å². The predicted molar refractivity (Wildman–Crippen MR) is 105 cm³/mol. The van der Waals surface area contributed by atoms with E-state index in [9.17, 15) is 13.2 Å². The molecule has 0 unspecified atom stereocenters. The van der Waals surface area contributed by atoms with Gasteiger partial charge in [0.1, 0.15) is 0 Å². The zero-order chi connectivity index (χ0) is 19.2. The first-order valence-corrected chi connectivity index (χ1v) is 11.2. The number of sulfonamides is 1. The number of carbonyl (C=O) groups is 1. The lowest BCUT2D eigenvalue weighted by Gasteiger charge is -2.40. The van der Waals surface area contributed by atoms with Crippen LogP contribution >= 0.6 is 0 Å². The maximum atomic E-state index is 13.1. The van der Waals surface area contributed by atoms with E-state index < -0.39 is 15.4 Å². The fraction of sp³-hybridized carbons (Fsp3) is 0.650. The first kappa shape index (κ1) is 20.9. The molecule has 1 aliphatic heterocycles. The van der Waals surface area contributed by atoms with Gasteiger partial charge in [-0.3, -0.25) is 4.79 Å². The second-order valence-corrected chi connectivity index (χ2v) is 9.80. The molecular weight excluding hydrogens is 348 g/mol. The summed E-state index contributed by atoms with van der Waals surface area (Å²) in [7, 11) is -3.21. The van der Waals surface area contributed by atoms with E-state index in [1.165, 1.54) is 4.31 Å². The van der Waals surface area contributed by atoms with Crippen LogP contribution in [0.2, 0.25) is 0 Å². The molecule has 2 rings (SSSR count). The lowest BCUT2D eigenvalue weighted by atomic mass is 9.72. The molecule has 146 valence electrons. The van der Waals surface area contributed by atoms with Crippen molar-refractivity contribution in [1.29, 1.82) is 0 Å². The molecule has 26 heavy (non-hydrogen) atoms. The SMILES string of the molecule is CCS(=O)(=O)N1CCC(C(=O)NCCCC(C)C)(c2ccccc2)CC1. The van der Waals surface area contributed by atoms with Crippen LogP contribution in [0.5, 0.6) is 0 Å². The lowest BCUT2D eigenvalue weighted by Crippen LogP contribution is -2.53. The average molecular weight is 381 g/mol. The van der Waals surface area contributed by atoms with Gasteiger partial charge in [0.05, 0.1) is 11.2 Å². The summed E-state index contributed by atoms with van der Waals surface area (Å²) in [5, 5.41) is 3.11. The van der Waals surface area contributed by atoms with E-state index in [1.807, 2.05) is 30.3 Å². The van der Waals surface area contributed by atoms with Crippen molar-refractivity contribution in [3.63, 3.8) is 0 Å². The molecule has 1 amide bonds. The van der Waals surface area contributed by atoms with Gasteiger partial charge < -0.3 is 5.32 Å². The average Bonchev–Trinajstić information content (AvgIpc) is 2.65. The fourth-order valence-electron chi connectivity index (χ4n) is 3.61. The van der Waals surface area contributed by atoms with Gasteiger partial charge in [0.15, 0.2) is 0 Å². The molecule has 6 heteroatoms. The van der Waals surface area contributed by atoms with E-state index in [1.54, 1.807) is 6.92 Å². The molecule has 0 saturated carbocycles. The normalized spacial score (nSPS) is 18.0. The number of amides is 1. The molecule has 0 spiro atoms. The number of benzene rings is 1. The monoisotopic (exact) mass is 380 g/mol. The minimum atomic E-state index is -3.21. The zero-order valence-corrected chi connectivity index (χ0v) is 17.0. The maximum absolute atomic E-state index is 13.1. The molecular formula is C20H32N2O3S. The molecule has 5 nitrogen and oxygen atoms in total. The van der Waals surface area contributed by atoms with Crippen molar-refractivity contribution in [3.8, 4) is 0 Å². The van der Waals surface area contributed by atoms with Crippen LogP contribution in [0.25, 0.3) is 0 Å². The Morgan fingerprint density at radius 1 is 1.19 bits per heavy atom. The molecule has 1 N–H and O–H groups in total. The lowest BCUT2D eigenvalue weighted by molar-refractivity contribution is -0.128. The minimum Gasteiger partial charge on any atom is -0.355 e. The van der Waals surface area contributed by atoms with Crippen LogP contribution in [0.4, 0.5) is 0 Å². The minimum absolute atomic E-state index is 0.0287. The van der Waals surface area contributed by atoms with Gasteiger partial charge in [-0.25, -0.2) is 12.7 Å². The van der Waals surface area contributed by atoms with Crippen LogP contribution < -0.4 is 5.32 Å². The van der Waals surface area contributed by atoms with Crippen molar-refractivity contribution in [1.82, 2.24) is 9.62 Å². The summed E-state index contributed by atoms with van der Waals surface area (Å²) < 4.78 is 25.9. The molecule has 1 fully saturated rings. The number of nitrogens with one attached hydrogen (secondary N) is 1. The Bertz CT molecular complexity index is 678. The summed E-state index contributed by atoms with van der Waals surface area (Å²) in [5.41, 5.74) is 0.341. The second-order valence-electron chi connectivity index (χ2n) is 7.54. The Balaban J connectivity index is 2.14. The van der Waals surface area contributed by atoms with E-state index in [2.05, 4.69) is 19.2 Å². The smallest absolute Gasteiger partial charge is 0.230 e. The predicted octanol–water partition coefficient (Wildman–Crippen LogP) is 2.92. The van der Waals surface area contributed by atoms with Crippen molar-refractivity contribution in [3.05, 3.63) is 35.9 Å². The standard InChI is InChI=1S/C20H32N2O3S/c1-4-26(24,25)22-15-12-20(13-16-22,18-10-6-5-7-11-18)19(23)21-14-8-9-17(2)3/h5-7,10-11,17H,4,8-9,12-16H2,1-3H3,(H,21,23). The van der Waals surface area contributed by atoms with Gasteiger partial charge in [-0.15, -0.1) is 0 Å². The van der Waals surface area contributed by atoms with Gasteiger partial charge in [0, 0.05) is 19.6 Å². The van der Waals surface area contributed by atoms with Gasteiger partial charge in [-0.05, 0) is 44.1 Å². The summed E-state index contributed by atoms with van der Waals surface area (Å²) in [4.78, 5) is 13.1. The number of hydrogen-bond donors (Lipinski definition) is 1. The van der Waals surface area contributed by atoms with Crippen molar-refractivity contribution in [2.24, 2.45) is 5.92 Å². The Hall–Kier alpha value is -1.40. The number of piperidine rings is 1. The molecule has 0 aliphatic carbocycles. The summed E-state index contributed by atoms with van der Waals surface area (Å²) in [6.45, 7) is 7.47. The number of carbonyl (C=O) groups excluding carboxylic acids is 1. The first-order valence-electron chi connectivity index (χ1n) is 9.63. The third-order valence-electron chi connectivity index (χ3n) is 5.34. The molecule has 0 atom stereocenters. The highest BCUT2D eigenvalue weighted by Gasteiger charge is 2.44. The third-order valence-corrected chi connectivity index (χ3v) is 7.22. The Morgan fingerprint density at radius 2 is 1.81 bits per heavy atom. The van der Waals surface area contributed by atoms with Crippen LogP contribution in [0.15, 0.2) is 30.3 Å². The Morgan fingerprint density at radius 3 is 2.35 bits per heavy atom. The Labute approximate surface area is 158 Å². The van der Waals surface area contributed by atoms with Gasteiger partial charge >= 0.3 is 0 Å². The summed E-state index contributed by atoms with van der Waals surface area (Å²) in [5.74, 6) is 0.755. The molecule has 1 aromatic carbocycles. The third kappa shape index (κ3) is 4.86. The van der Waals surface area contributed by atoms with Gasteiger partial charge in [-0.2, -0.15) is 0 Å². The van der Waals surface area contributed by atoms with E-state index in [-0.39, 0.29) is 11.7 Å². The summed E-state index contributed by atoms with van der Waals surface area (Å²) in [6, 6.07) is 9.79. The van der Waals surface area contributed by atoms with Crippen molar-refractivity contribution >= 4 is 15.9 Å². The number of hydrogen-bond acceptors (Lipinski definition) is 3. The highest BCUT2D eigenvalue weighted by atomic mass is 32.2. The van der Waals surface area contributed by atoms with Gasteiger partial charge in [0.25, 0.3) is 0 Å². The maximum Gasteiger partial charge on any atom is 0.230 e.